The summed E-state index contributed by atoms with van der Waals surface area (Å²) in [6, 6.07) is 12.7. The molecule has 0 aliphatic rings. The summed E-state index contributed by atoms with van der Waals surface area (Å²) in [5.41, 5.74) is 1.46. The van der Waals surface area contributed by atoms with Gasteiger partial charge in [0.2, 0.25) is 4.96 Å². The summed E-state index contributed by atoms with van der Waals surface area (Å²) in [5, 5.41) is 5.30. The third kappa shape index (κ3) is 3.80. The van der Waals surface area contributed by atoms with Gasteiger partial charge in [0.25, 0.3) is 5.56 Å². The molecule has 28 heavy (non-hydrogen) atoms. The first-order chi connectivity index (χ1) is 13.5. The molecule has 2 heterocycles. The number of ether oxygens (including phenoxy) is 1. The van der Waals surface area contributed by atoms with Crippen molar-refractivity contribution >= 4 is 57.7 Å². The number of fused-ring (bicyclic) bond motifs is 1. The van der Waals surface area contributed by atoms with Crippen LogP contribution < -0.4 is 14.8 Å². The molecule has 0 bridgehead atoms. The highest BCUT2D eigenvalue weighted by atomic mass is 35.5. The van der Waals surface area contributed by atoms with E-state index in [2.05, 4.69) is 10.1 Å². The van der Waals surface area contributed by atoms with Crippen molar-refractivity contribution < 1.29 is 4.74 Å². The molecule has 0 N–H and O–H groups in total. The van der Waals surface area contributed by atoms with Crippen LogP contribution in [0.3, 0.4) is 0 Å². The van der Waals surface area contributed by atoms with Crippen molar-refractivity contribution in [2.24, 2.45) is 0 Å². The molecule has 8 heteroatoms. The third-order valence-corrected chi connectivity index (χ3v) is 5.51. The molecule has 5 nitrogen and oxygen atoms in total. The van der Waals surface area contributed by atoms with E-state index >= 15 is 0 Å². The number of hydrogen-bond donors (Lipinski definition) is 0. The van der Waals surface area contributed by atoms with Crippen molar-refractivity contribution in [2.45, 2.75) is 0 Å². The molecular weight excluding hydrogens is 417 g/mol. The molecule has 140 valence electrons. The van der Waals surface area contributed by atoms with Crippen molar-refractivity contribution in [1.29, 1.82) is 0 Å². The second-order valence-corrected chi connectivity index (χ2v) is 7.71. The van der Waals surface area contributed by atoms with E-state index in [4.69, 9.17) is 27.9 Å². The Labute approximate surface area is 174 Å². The number of thiazole rings is 1. The smallest absolute Gasteiger partial charge is 0.291 e. The van der Waals surface area contributed by atoms with Gasteiger partial charge in [0.05, 0.1) is 11.6 Å². The van der Waals surface area contributed by atoms with E-state index in [0.717, 1.165) is 11.3 Å². The molecule has 2 aromatic heterocycles. The van der Waals surface area contributed by atoms with Crippen molar-refractivity contribution in [1.82, 2.24) is 14.6 Å². The Morgan fingerprint density at radius 2 is 1.89 bits per heavy atom. The molecule has 2 aromatic carbocycles. The van der Waals surface area contributed by atoms with Gasteiger partial charge in [-0.2, -0.15) is 9.50 Å². The average molecular weight is 430 g/mol. The monoisotopic (exact) mass is 429 g/mol. The fourth-order valence-corrected chi connectivity index (χ4v) is 3.93. The minimum Gasteiger partial charge on any atom is -0.497 e. The van der Waals surface area contributed by atoms with Crippen LogP contribution in [0.2, 0.25) is 10.0 Å². The Morgan fingerprint density at radius 3 is 2.57 bits per heavy atom. The van der Waals surface area contributed by atoms with Gasteiger partial charge in [-0.15, -0.1) is 5.10 Å². The second kappa shape index (κ2) is 7.75. The van der Waals surface area contributed by atoms with Crippen molar-refractivity contribution in [3.63, 3.8) is 0 Å². The lowest BCUT2D eigenvalue weighted by Gasteiger charge is -1.98. The number of halogens is 2. The van der Waals surface area contributed by atoms with E-state index < -0.39 is 0 Å². The molecule has 0 aliphatic carbocycles. The maximum atomic E-state index is 12.6. The third-order valence-electron chi connectivity index (χ3n) is 3.99. The largest absolute Gasteiger partial charge is 0.497 e. The van der Waals surface area contributed by atoms with Gasteiger partial charge in [-0.25, -0.2) is 0 Å². The number of aromatic nitrogens is 3. The van der Waals surface area contributed by atoms with Crippen LogP contribution in [0.4, 0.5) is 0 Å². The summed E-state index contributed by atoms with van der Waals surface area (Å²) in [6.07, 6.45) is 5.36. The van der Waals surface area contributed by atoms with E-state index in [1.165, 1.54) is 15.9 Å². The Bertz CT molecular complexity index is 1290. The van der Waals surface area contributed by atoms with Gasteiger partial charge in [-0.05, 0) is 47.5 Å². The summed E-state index contributed by atoms with van der Waals surface area (Å²) in [5.74, 6) is 1.26. The first-order valence-electron chi connectivity index (χ1n) is 8.22. The SMILES string of the molecule is COc1ccc(/C=C/c2nc3s/c(=C/c4ccc(Cl)cc4Cl)c(=O)n3n2)cc1. The van der Waals surface area contributed by atoms with Gasteiger partial charge in [-0.1, -0.05) is 58.8 Å². The lowest BCUT2D eigenvalue weighted by Crippen LogP contribution is -2.23. The highest BCUT2D eigenvalue weighted by Gasteiger charge is 2.09. The first-order valence-corrected chi connectivity index (χ1v) is 9.79. The molecule has 0 radical (unpaired) electrons. The number of hydrogen-bond acceptors (Lipinski definition) is 5. The van der Waals surface area contributed by atoms with Crippen molar-refractivity contribution in [3.05, 3.63) is 84.3 Å². The van der Waals surface area contributed by atoms with Crippen LogP contribution in [-0.4, -0.2) is 21.7 Å². The minimum atomic E-state index is -0.234. The normalized spacial score (nSPS) is 12.3. The Balaban J connectivity index is 1.65. The summed E-state index contributed by atoms with van der Waals surface area (Å²) >= 11 is 13.3. The van der Waals surface area contributed by atoms with Crippen LogP contribution in [0.1, 0.15) is 17.0 Å². The Morgan fingerprint density at radius 1 is 1.11 bits per heavy atom. The average Bonchev–Trinajstić information content (AvgIpc) is 3.22. The molecular formula is C20H13Cl2N3O2S. The predicted octanol–water partition coefficient (Wildman–Crippen LogP) is 4.18. The highest BCUT2D eigenvalue weighted by Crippen LogP contribution is 2.21. The topological polar surface area (TPSA) is 56.5 Å². The van der Waals surface area contributed by atoms with Gasteiger partial charge in [0, 0.05) is 10.0 Å². The fraction of sp³-hybridized carbons (Fsp3) is 0.0500. The lowest BCUT2D eigenvalue weighted by molar-refractivity contribution is 0.415. The second-order valence-electron chi connectivity index (χ2n) is 5.85. The van der Waals surface area contributed by atoms with Crippen molar-refractivity contribution in [2.75, 3.05) is 7.11 Å². The quantitative estimate of drug-likeness (QED) is 0.488. The summed E-state index contributed by atoms with van der Waals surface area (Å²) in [4.78, 5) is 17.5. The van der Waals surface area contributed by atoms with Crippen LogP contribution in [-0.2, 0) is 0 Å². The summed E-state index contributed by atoms with van der Waals surface area (Å²) in [7, 11) is 1.62. The van der Waals surface area contributed by atoms with E-state index in [9.17, 15) is 4.79 Å². The fourth-order valence-electron chi connectivity index (χ4n) is 2.57. The van der Waals surface area contributed by atoms with E-state index in [1.807, 2.05) is 30.3 Å². The van der Waals surface area contributed by atoms with E-state index in [1.54, 1.807) is 37.5 Å². The summed E-state index contributed by atoms with van der Waals surface area (Å²) in [6.45, 7) is 0. The van der Waals surface area contributed by atoms with Gasteiger partial charge >= 0.3 is 0 Å². The summed E-state index contributed by atoms with van der Waals surface area (Å²) < 4.78 is 6.94. The standard InChI is InChI=1S/C20H13Cl2N3O2S/c1-27-15-7-2-12(3-8-15)4-9-18-23-20-25(24-18)19(26)17(28-20)10-13-5-6-14(21)11-16(13)22/h2-11H,1H3/b9-4+,17-10+. The van der Waals surface area contributed by atoms with Gasteiger partial charge < -0.3 is 4.74 Å². The van der Waals surface area contributed by atoms with Gasteiger partial charge in [0.1, 0.15) is 5.75 Å². The number of benzene rings is 2. The molecule has 0 amide bonds. The van der Waals surface area contributed by atoms with Crippen LogP contribution in [0.15, 0.2) is 47.3 Å². The van der Waals surface area contributed by atoms with Crippen LogP contribution in [0.5, 0.6) is 5.75 Å². The molecule has 4 aromatic rings. The molecule has 0 fully saturated rings. The molecule has 0 saturated heterocycles. The Hall–Kier alpha value is -2.67. The molecule has 0 unspecified atom stereocenters. The minimum absolute atomic E-state index is 0.234. The maximum Gasteiger partial charge on any atom is 0.291 e. The molecule has 0 atom stereocenters. The highest BCUT2D eigenvalue weighted by molar-refractivity contribution is 7.15. The predicted molar refractivity (Wildman–Crippen MR) is 114 cm³/mol. The molecule has 0 spiro atoms. The van der Waals surface area contributed by atoms with Crippen molar-refractivity contribution in [3.8, 4) is 5.75 Å². The first kappa shape index (κ1) is 18.7. The van der Waals surface area contributed by atoms with Crippen LogP contribution in [0, 0.1) is 0 Å². The zero-order valence-electron chi connectivity index (χ0n) is 14.6. The van der Waals surface area contributed by atoms with Gasteiger partial charge in [-0.3, -0.25) is 4.79 Å². The van der Waals surface area contributed by atoms with Crippen LogP contribution >= 0.6 is 34.5 Å². The molecule has 4 rings (SSSR count). The van der Waals surface area contributed by atoms with E-state index in [0.29, 0.717) is 30.9 Å². The maximum absolute atomic E-state index is 12.6. The number of nitrogens with zero attached hydrogens (tertiary/aromatic N) is 3. The van der Waals surface area contributed by atoms with E-state index in [-0.39, 0.29) is 5.56 Å². The Kier molecular flexibility index (Phi) is 5.17. The number of methoxy groups -OCH3 is 1. The molecule has 0 saturated carbocycles. The van der Waals surface area contributed by atoms with Crippen LogP contribution in [0.25, 0.3) is 23.2 Å². The molecule has 0 aliphatic heterocycles. The number of rotatable bonds is 4. The zero-order valence-corrected chi connectivity index (χ0v) is 16.9. The lowest BCUT2D eigenvalue weighted by atomic mass is 10.2. The van der Waals surface area contributed by atoms with Gasteiger partial charge in [0.15, 0.2) is 5.82 Å². The zero-order chi connectivity index (χ0) is 19.7.